The maximum atomic E-state index is 13.3. The van der Waals surface area contributed by atoms with E-state index in [1.807, 2.05) is 0 Å². The number of rotatable bonds is 4. The van der Waals surface area contributed by atoms with E-state index in [1.54, 1.807) is 0 Å². The average molecular weight is 328 g/mol. The molecule has 22 heavy (non-hydrogen) atoms. The van der Waals surface area contributed by atoms with Crippen molar-refractivity contribution in [3.05, 3.63) is 58.4 Å². The molecule has 0 radical (unpaired) electrons. The molecule has 0 aliphatic carbocycles. The van der Waals surface area contributed by atoms with E-state index in [4.69, 9.17) is 11.6 Å². The maximum absolute atomic E-state index is 13.3. The van der Waals surface area contributed by atoms with Gasteiger partial charge < -0.3 is 15.6 Å². The molecule has 5 nitrogen and oxygen atoms in total. The molecule has 1 unspecified atom stereocenters. The topological polar surface area (TPSA) is 74.0 Å². The summed E-state index contributed by atoms with van der Waals surface area (Å²) in [6.45, 7) is 0. The molecule has 0 fully saturated rings. The number of benzene rings is 1. The lowest BCUT2D eigenvalue weighted by Crippen LogP contribution is -2.39. The zero-order valence-electron chi connectivity index (χ0n) is 11.4. The molecule has 1 aromatic heterocycles. The van der Waals surface area contributed by atoms with E-state index in [-0.39, 0.29) is 11.3 Å². The van der Waals surface area contributed by atoms with Crippen LogP contribution >= 0.6 is 11.6 Å². The van der Waals surface area contributed by atoms with Gasteiger partial charge in [0.05, 0.1) is 5.02 Å². The Labute approximate surface area is 129 Å². The Morgan fingerprint density at radius 3 is 2.50 bits per heavy atom. The van der Waals surface area contributed by atoms with Crippen LogP contribution in [0.3, 0.4) is 0 Å². The predicted molar refractivity (Wildman–Crippen MR) is 76.4 cm³/mol. The van der Waals surface area contributed by atoms with Crippen molar-refractivity contribution < 1.29 is 18.4 Å². The van der Waals surface area contributed by atoms with Gasteiger partial charge in [-0.15, -0.1) is 0 Å². The van der Waals surface area contributed by atoms with Gasteiger partial charge in [0.1, 0.15) is 11.7 Å². The monoisotopic (exact) mass is 327 g/mol. The first-order valence-electron chi connectivity index (χ1n) is 6.23. The first kappa shape index (κ1) is 16.0. The fourth-order valence-corrected chi connectivity index (χ4v) is 2.01. The molecule has 0 bridgehead atoms. The first-order valence-corrected chi connectivity index (χ1v) is 6.61. The van der Waals surface area contributed by atoms with Crippen LogP contribution in [0.5, 0.6) is 0 Å². The van der Waals surface area contributed by atoms with Gasteiger partial charge in [0.15, 0.2) is 11.6 Å². The van der Waals surface area contributed by atoms with E-state index in [0.29, 0.717) is 5.02 Å². The molecule has 0 aliphatic rings. The van der Waals surface area contributed by atoms with E-state index in [1.165, 1.54) is 25.4 Å². The Bertz CT molecular complexity index is 718. The largest absolute Gasteiger partial charge is 0.357 e. The highest BCUT2D eigenvalue weighted by atomic mass is 35.5. The van der Waals surface area contributed by atoms with Crippen molar-refractivity contribution in [3.63, 3.8) is 0 Å². The van der Waals surface area contributed by atoms with Gasteiger partial charge in [0.2, 0.25) is 5.91 Å². The molecular formula is C14H12ClF2N3O2. The Morgan fingerprint density at radius 1 is 1.23 bits per heavy atom. The van der Waals surface area contributed by atoms with Crippen molar-refractivity contribution in [2.24, 2.45) is 0 Å². The van der Waals surface area contributed by atoms with Gasteiger partial charge in [-0.2, -0.15) is 0 Å². The molecule has 0 saturated carbocycles. The van der Waals surface area contributed by atoms with Crippen molar-refractivity contribution in [2.75, 3.05) is 7.05 Å². The molecule has 3 N–H and O–H groups in total. The maximum Gasteiger partial charge on any atom is 0.268 e. The lowest BCUT2D eigenvalue weighted by molar-refractivity contribution is -0.122. The Kier molecular flexibility index (Phi) is 4.77. The summed E-state index contributed by atoms with van der Waals surface area (Å²) >= 11 is 5.70. The van der Waals surface area contributed by atoms with Crippen molar-refractivity contribution >= 4 is 23.4 Å². The number of carbonyl (C=O) groups excluding carboxylic acids is 2. The second-order valence-electron chi connectivity index (χ2n) is 4.43. The van der Waals surface area contributed by atoms with Gasteiger partial charge in [0, 0.05) is 13.2 Å². The summed E-state index contributed by atoms with van der Waals surface area (Å²) in [5, 5.41) is 5.11. The van der Waals surface area contributed by atoms with Crippen LogP contribution in [0.1, 0.15) is 22.1 Å². The molecule has 1 aromatic carbocycles. The minimum Gasteiger partial charge on any atom is -0.357 e. The number of halogens is 3. The Hall–Kier alpha value is -2.41. The number of likely N-dealkylation sites (N-methyl/N-ethyl adjacent to an activating group) is 1. The lowest BCUT2D eigenvalue weighted by Gasteiger charge is -2.17. The zero-order chi connectivity index (χ0) is 16.3. The van der Waals surface area contributed by atoms with Crippen LogP contribution in [0.2, 0.25) is 5.02 Å². The molecule has 0 aliphatic heterocycles. The Balaban J connectivity index is 2.28. The van der Waals surface area contributed by atoms with Gasteiger partial charge >= 0.3 is 0 Å². The fraction of sp³-hybridized carbons (Fsp3) is 0.143. The first-order chi connectivity index (χ1) is 10.4. The van der Waals surface area contributed by atoms with Crippen LogP contribution in [0, 0.1) is 11.6 Å². The molecule has 2 amide bonds. The predicted octanol–water partition coefficient (Wildman–Crippen LogP) is 2.16. The second kappa shape index (κ2) is 6.57. The highest BCUT2D eigenvalue weighted by Crippen LogP contribution is 2.18. The van der Waals surface area contributed by atoms with Crippen LogP contribution in [0.15, 0.2) is 30.5 Å². The molecule has 0 spiro atoms. The van der Waals surface area contributed by atoms with Gasteiger partial charge in [-0.1, -0.05) is 17.7 Å². The molecule has 1 atom stereocenters. The van der Waals surface area contributed by atoms with Crippen molar-refractivity contribution in [1.82, 2.24) is 15.6 Å². The molecular weight excluding hydrogens is 316 g/mol. The SMILES string of the molecule is CNC(=O)C(NC(=O)c1cc(Cl)c[nH]1)c1ccc(F)c(F)c1. The van der Waals surface area contributed by atoms with Crippen LogP contribution in [0.25, 0.3) is 0 Å². The number of aromatic amines is 1. The summed E-state index contributed by atoms with van der Waals surface area (Å²) in [5.74, 6) is -3.33. The van der Waals surface area contributed by atoms with Gasteiger partial charge in [0.25, 0.3) is 5.91 Å². The molecule has 2 aromatic rings. The van der Waals surface area contributed by atoms with E-state index in [2.05, 4.69) is 15.6 Å². The third kappa shape index (κ3) is 3.43. The Morgan fingerprint density at radius 2 is 1.95 bits per heavy atom. The van der Waals surface area contributed by atoms with Gasteiger partial charge in [-0.25, -0.2) is 8.78 Å². The van der Waals surface area contributed by atoms with E-state index in [0.717, 1.165) is 12.1 Å². The van der Waals surface area contributed by atoms with Crippen molar-refractivity contribution in [3.8, 4) is 0 Å². The number of nitrogens with one attached hydrogen (secondary N) is 3. The normalized spacial score (nSPS) is 11.8. The smallest absolute Gasteiger partial charge is 0.268 e. The summed E-state index contributed by atoms with van der Waals surface area (Å²) in [6.07, 6.45) is 1.41. The van der Waals surface area contributed by atoms with Crippen molar-refractivity contribution in [1.29, 1.82) is 0 Å². The standard InChI is InChI=1S/C14H12ClF2N3O2/c1-18-14(22)12(7-2-3-9(16)10(17)4-7)20-13(21)11-5-8(15)6-19-11/h2-6,12,19H,1H3,(H,18,22)(H,20,21). The number of hydrogen-bond acceptors (Lipinski definition) is 2. The number of carbonyl (C=O) groups is 2. The number of hydrogen-bond donors (Lipinski definition) is 3. The highest BCUT2D eigenvalue weighted by molar-refractivity contribution is 6.31. The third-order valence-corrected chi connectivity index (χ3v) is 3.17. The third-order valence-electron chi connectivity index (χ3n) is 2.95. The van der Waals surface area contributed by atoms with Crippen molar-refractivity contribution in [2.45, 2.75) is 6.04 Å². The molecule has 116 valence electrons. The van der Waals surface area contributed by atoms with Crippen LogP contribution in [0.4, 0.5) is 8.78 Å². The summed E-state index contributed by atoms with van der Waals surface area (Å²) in [4.78, 5) is 26.6. The molecule has 0 saturated heterocycles. The molecule has 8 heteroatoms. The van der Waals surface area contributed by atoms with Crippen LogP contribution in [-0.2, 0) is 4.79 Å². The molecule has 1 heterocycles. The molecule has 2 rings (SSSR count). The quantitative estimate of drug-likeness (QED) is 0.805. The van der Waals surface area contributed by atoms with Crippen LogP contribution < -0.4 is 10.6 Å². The summed E-state index contributed by atoms with van der Waals surface area (Å²) in [7, 11) is 1.37. The average Bonchev–Trinajstić information content (AvgIpc) is 2.93. The number of aromatic nitrogens is 1. The van der Waals surface area contributed by atoms with Gasteiger partial charge in [-0.05, 0) is 23.8 Å². The van der Waals surface area contributed by atoms with E-state index < -0.39 is 29.5 Å². The second-order valence-corrected chi connectivity index (χ2v) is 4.86. The summed E-state index contributed by atoms with van der Waals surface area (Å²) in [6, 6.07) is 3.17. The minimum absolute atomic E-state index is 0.115. The number of amides is 2. The highest BCUT2D eigenvalue weighted by Gasteiger charge is 2.24. The van der Waals surface area contributed by atoms with E-state index in [9.17, 15) is 18.4 Å². The lowest BCUT2D eigenvalue weighted by atomic mass is 10.1. The van der Waals surface area contributed by atoms with Gasteiger partial charge in [-0.3, -0.25) is 9.59 Å². The summed E-state index contributed by atoms with van der Waals surface area (Å²) in [5.41, 5.74) is 0.255. The van der Waals surface area contributed by atoms with E-state index >= 15 is 0 Å². The summed E-state index contributed by atoms with van der Waals surface area (Å²) < 4.78 is 26.3. The fourth-order valence-electron chi connectivity index (χ4n) is 1.84. The minimum atomic E-state index is -1.17. The zero-order valence-corrected chi connectivity index (χ0v) is 12.2. The van der Waals surface area contributed by atoms with Crippen LogP contribution in [-0.4, -0.2) is 23.8 Å². The number of H-pyrrole nitrogens is 1.